The van der Waals surface area contributed by atoms with Gasteiger partial charge >= 0.3 is 6.18 Å². The van der Waals surface area contributed by atoms with E-state index in [0.717, 1.165) is 11.0 Å². The summed E-state index contributed by atoms with van der Waals surface area (Å²) in [5.41, 5.74) is -1.07. The number of alkyl halides is 3. The van der Waals surface area contributed by atoms with Crippen molar-refractivity contribution in [1.29, 1.82) is 0 Å². The van der Waals surface area contributed by atoms with Crippen LogP contribution in [0.1, 0.15) is 12.5 Å². The van der Waals surface area contributed by atoms with Crippen molar-refractivity contribution < 1.29 is 18.0 Å². The Hall–Kier alpha value is -1.63. The van der Waals surface area contributed by atoms with Crippen molar-refractivity contribution in [2.24, 2.45) is 0 Å². The summed E-state index contributed by atoms with van der Waals surface area (Å²) in [5.74, 6) is -0.441. The summed E-state index contributed by atoms with van der Waals surface area (Å²) in [6.45, 7) is 2.29. The van der Waals surface area contributed by atoms with E-state index < -0.39 is 17.6 Å². The second kappa shape index (κ2) is 4.80. The molecule has 1 amide bonds. The number of hydrogen-bond acceptors (Lipinski definition) is 2. The van der Waals surface area contributed by atoms with Gasteiger partial charge in [-0.15, -0.1) is 0 Å². The SMILES string of the molecule is CCN1CC(=O)N(c2ccccc2C(F)(F)F)C1=S. The van der Waals surface area contributed by atoms with E-state index in [1.54, 1.807) is 11.8 Å². The molecule has 0 bridgehead atoms. The lowest BCUT2D eigenvalue weighted by Crippen LogP contribution is -2.34. The van der Waals surface area contributed by atoms with Gasteiger partial charge in [0, 0.05) is 6.54 Å². The molecule has 2 rings (SSSR count). The number of anilines is 1. The Morgan fingerprint density at radius 2 is 1.95 bits per heavy atom. The molecule has 0 aromatic heterocycles. The van der Waals surface area contributed by atoms with Gasteiger partial charge in [0.1, 0.15) is 0 Å². The molecule has 0 N–H and O–H groups in total. The Morgan fingerprint density at radius 1 is 1.32 bits per heavy atom. The number of nitrogens with zero attached hydrogens (tertiary/aromatic N) is 2. The normalized spacial score (nSPS) is 16.4. The number of amides is 1. The zero-order valence-electron chi connectivity index (χ0n) is 10.1. The minimum absolute atomic E-state index is 0.0154. The van der Waals surface area contributed by atoms with E-state index >= 15 is 0 Å². The highest BCUT2D eigenvalue weighted by Crippen LogP contribution is 2.37. The van der Waals surface area contributed by atoms with Gasteiger partial charge in [-0.2, -0.15) is 13.2 Å². The number of carbonyl (C=O) groups excluding carboxylic acids is 1. The number of hydrogen-bond donors (Lipinski definition) is 0. The second-order valence-electron chi connectivity index (χ2n) is 4.04. The van der Waals surface area contributed by atoms with E-state index in [1.807, 2.05) is 0 Å². The molecule has 1 heterocycles. The molecule has 0 saturated carbocycles. The molecule has 0 aliphatic carbocycles. The minimum atomic E-state index is -4.52. The average molecular weight is 288 g/mol. The molecule has 7 heteroatoms. The lowest BCUT2D eigenvalue weighted by atomic mass is 10.1. The summed E-state index contributed by atoms with van der Waals surface area (Å²) in [4.78, 5) is 14.4. The van der Waals surface area contributed by atoms with Gasteiger partial charge in [-0.3, -0.25) is 9.69 Å². The molecule has 1 aliphatic rings. The van der Waals surface area contributed by atoms with Crippen LogP contribution in [0.2, 0.25) is 0 Å². The first-order chi connectivity index (χ1) is 8.86. The van der Waals surface area contributed by atoms with E-state index in [4.69, 9.17) is 12.2 Å². The van der Waals surface area contributed by atoms with Crippen molar-refractivity contribution >= 4 is 28.9 Å². The Morgan fingerprint density at radius 3 is 2.47 bits per heavy atom. The topological polar surface area (TPSA) is 23.6 Å². The molecule has 0 spiro atoms. The number of para-hydroxylation sites is 1. The molecule has 1 saturated heterocycles. The molecule has 1 aromatic rings. The lowest BCUT2D eigenvalue weighted by Gasteiger charge is -2.22. The molecule has 0 unspecified atom stereocenters. The highest BCUT2D eigenvalue weighted by atomic mass is 32.1. The van der Waals surface area contributed by atoms with E-state index in [0.29, 0.717) is 6.54 Å². The van der Waals surface area contributed by atoms with Gasteiger partial charge in [0.2, 0.25) is 0 Å². The van der Waals surface area contributed by atoms with Crippen LogP contribution in [0.5, 0.6) is 0 Å². The third-order valence-electron chi connectivity index (χ3n) is 2.87. The lowest BCUT2D eigenvalue weighted by molar-refractivity contribution is -0.137. The number of halogens is 3. The molecular formula is C12H11F3N2OS. The van der Waals surface area contributed by atoms with Crippen molar-refractivity contribution in [2.45, 2.75) is 13.1 Å². The maximum atomic E-state index is 12.9. The van der Waals surface area contributed by atoms with Crippen LogP contribution >= 0.6 is 12.2 Å². The number of thiocarbonyl (C=S) groups is 1. The van der Waals surface area contributed by atoms with Crippen molar-refractivity contribution in [3.63, 3.8) is 0 Å². The summed E-state index contributed by atoms with van der Waals surface area (Å²) in [7, 11) is 0. The third-order valence-corrected chi connectivity index (χ3v) is 3.31. The minimum Gasteiger partial charge on any atom is -0.339 e. The van der Waals surface area contributed by atoms with Gasteiger partial charge in [0.05, 0.1) is 17.8 Å². The first-order valence-corrected chi connectivity index (χ1v) is 6.05. The molecule has 1 aliphatic heterocycles. The number of carbonyl (C=O) groups is 1. The number of likely N-dealkylation sites (N-methyl/N-ethyl adjacent to an activating group) is 1. The van der Waals surface area contributed by atoms with Crippen LogP contribution in [0.3, 0.4) is 0 Å². The van der Waals surface area contributed by atoms with E-state index in [1.165, 1.54) is 18.2 Å². The fourth-order valence-corrected chi connectivity index (χ4v) is 2.34. The summed E-state index contributed by atoms with van der Waals surface area (Å²) in [6.07, 6.45) is -4.52. The van der Waals surface area contributed by atoms with Crippen LogP contribution in [-0.2, 0) is 11.0 Å². The quantitative estimate of drug-likeness (QED) is 0.782. The molecular weight excluding hydrogens is 277 g/mol. The van der Waals surface area contributed by atoms with E-state index in [2.05, 4.69) is 0 Å². The van der Waals surface area contributed by atoms with E-state index in [9.17, 15) is 18.0 Å². The van der Waals surface area contributed by atoms with Crippen LogP contribution in [-0.4, -0.2) is 29.0 Å². The van der Waals surface area contributed by atoms with Crippen LogP contribution in [0.25, 0.3) is 0 Å². The maximum Gasteiger partial charge on any atom is 0.418 e. The van der Waals surface area contributed by atoms with Gasteiger partial charge < -0.3 is 4.90 Å². The predicted octanol–water partition coefficient (Wildman–Crippen LogP) is 2.66. The van der Waals surface area contributed by atoms with E-state index in [-0.39, 0.29) is 17.3 Å². The fraction of sp³-hybridized carbons (Fsp3) is 0.333. The Balaban J connectivity index is 2.49. The highest BCUT2D eigenvalue weighted by molar-refractivity contribution is 7.80. The molecule has 0 atom stereocenters. The molecule has 3 nitrogen and oxygen atoms in total. The highest BCUT2D eigenvalue weighted by Gasteiger charge is 2.40. The van der Waals surface area contributed by atoms with Crippen molar-refractivity contribution in [2.75, 3.05) is 18.0 Å². The summed E-state index contributed by atoms with van der Waals surface area (Å²) >= 11 is 5.07. The summed E-state index contributed by atoms with van der Waals surface area (Å²) in [5, 5.41) is 0.115. The first-order valence-electron chi connectivity index (χ1n) is 5.64. The molecule has 1 aromatic carbocycles. The van der Waals surface area contributed by atoms with Gasteiger partial charge in [0.15, 0.2) is 5.11 Å². The Bertz CT molecular complexity index is 530. The first kappa shape index (κ1) is 13.8. The van der Waals surface area contributed by atoms with Crippen LogP contribution in [0, 0.1) is 0 Å². The second-order valence-corrected chi connectivity index (χ2v) is 4.41. The zero-order valence-corrected chi connectivity index (χ0v) is 10.9. The van der Waals surface area contributed by atoms with Crippen LogP contribution < -0.4 is 4.90 Å². The zero-order chi connectivity index (χ0) is 14.2. The average Bonchev–Trinajstić information content (AvgIpc) is 2.63. The number of rotatable bonds is 2. The summed E-state index contributed by atoms with van der Waals surface area (Å²) in [6, 6.07) is 4.94. The van der Waals surface area contributed by atoms with Crippen molar-refractivity contribution in [3.8, 4) is 0 Å². The Kier molecular flexibility index (Phi) is 3.49. The van der Waals surface area contributed by atoms with Gasteiger partial charge in [0.25, 0.3) is 5.91 Å². The molecule has 0 radical (unpaired) electrons. The van der Waals surface area contributed by atoms with Gasteiger partial charge in [-0.25, -0.2) is 0 Å². The third kappa shape index (κ3) is 2.42. The fourth-order valence-electron chi connectivity index (χ4n) is 1.94. The van der Waals surface area contributed by atoms with Crippen LogP contribution in [0.15, 0.2) is 24.3 Å². The molecule has 102 valence electrons. The maximum absolute atomic E-state index is 12.9. The summed E-state index contributed by atoms with van der Waals surface area (Å²) < 4.78 is 38.8. The van der Waals surface area contributed by atoms with Gasteiger partial charge in [-0.05, 0) is 31.3 Å². The predicted molar refractivity (Wildman–Crippen MR) is 68.8 cm³/mol. The van der Waals surface area contributed by atoms with Crippen LogP contribution in [0.4, 0.5) is 18.9 Å². The van der Waals surface area contributed by atoms with Gasteiger partial charge in [-0.1, -0.05) is 12.1 Å². The Labute approximate surface area is 113 Å². The largest absolute Gasteiger partial charge is 0.418 e. The standard InChI is InChI=1S/C12H11F3N2OS/c1-2-16-7-10(18)17(11(16)19)9-6-4-3-5-8(9)12(13,14)15/h3-6H,2,7H2,1H3. The van der Waals surface area contributed by atoms with Crippen molar-refractivity contribution in [1.82, 2.24) is 4.90 Å². The number of benzene rings is 1. The monoisotopic (exact) mass is 288 g/mol. The van der Waals surface area contributed by atoms with Crippen molar-refractivity contribution in [3.05, 3.63) is 29.8 Å². The molecule has 19 heavy (non-hydrogen) atoms. The smallest absolute Gasteiger partial charge is 0.339 e. The molecule has 1 fully saturated rings.